The van der Waals surface area contributed by atoms with E-state index in [2.05, 4.69) is 55.5 Å². The number of ether oxygens (including phenoxy) is 1. The van der Waals surface area contributed by atoms with E-state index in [-0.39, 0.29) is 18.5 Å². The lowest BCUT2D eigenvalue weighted by molar-refractivity contribution is -0.147. The Kier molecular flexibility index (Phi) is 18.7. The quantitative estimate of drug-likeness (QED) is 0.167. The fourth-order valence-electron chi connectivity index (χ4n) is 2.45. The van der Waals surface area contributed by atoms with Crippen LogP contribution in [0.1, 0.15) is 78.1 Å². The number of carboxylic acid groups (broad SMARTS) is 1. The summed E-state index contributed by atoms with van der Waals surface area (Å²) >= 11 is 0. The highest BCUT2D eigenvalue weighted by molar-refractivity contribution is 5.69. The molecule has 0 aliphatic carbocycles. The first-order valence-corrected chi connectivity index (χ1v) is 10.8. The van der Waals surface area contributed by atoms with E-state index >= 15 is 0 Å². The lowest BCUT2D eigenvalue weighted by atomic mass is 10.1. The van der Waals surface area contributed by atoms with Crippen molar-refractivity contribution in [1.29, 1.82) is 0 Å². The van der Waals surface area contributed by atoms with Crippen molar-refractivity contribution in [2.75, 3.05) is 0 Å². The Morgan fingerprint density at radius 2 is 1.31 bits per heavy atom. The van der Waals surface area contributed by atoms with Crippen molar-refractivity contribution in [2.24, 2.45) is 0 Å². The normalized spacial score (nSPS) is 13.4. The van der Waals surface area contributed by atoms with Gasteiger partial charge in [0, 0.05) is 12.8 Å². The number of carbonyl (C=O) groups excluding carboxylic acids is 1. The lowest BCUT2D eigenvalue weighted by Crippen LogP contribution is -2.15. The van der Waals surface area contributed by atoms with E-state index in [0.717, 1.165) is 38.5 Å². The first-order valence-electron chi connectivity index (χ1n) is 10.8. The minimum atomic E-state index is -0.790. The predicted molar refractivity (Wildman–Crippen MR) is 121 cm³/mol. The van der Waals surface area contributed by atoms with Crippen molar-refractivity contribution in [2.45, 2.75) is 84.2 Å². The molecule has 4 nitrogen and oxygen atoms in total. The molecule has 0 rings (SSSR count). The molecule has 0 saturated carbocycles. The number of carboxylic acids is 1. The molecule has 162 valence electrons. The van der Waals surface area contributed by atoms with Gasteiger partial charge in [-0.3, -0.25) is 9.59 Å². The van der Waals surface area contributed by atoms with Gasteiger partial charge in [-0.2, -0.15) is 0 Å². The molecule has 1 unspecified atom stereocenters. The number of aliphatic carboxylic acids is 1. The van der Waals surface area contributed by atoms with Gasteiger partial charge in [0.05, 0.1) is 0 Å². The monoisotopic (exact) mass is 402 g/mol. The van der Waals surface area contributed by atoms with Crippen molar-refractivity contribution >= 4 is 11.9 Å². The standard InChI is InChI=1S/C25H38O4/c1-3-5-6-7-8-9-10-11-12-13-14-15-16-17-20-23(29-25(28)4-2)21-18-19-22-24(26)27/h5-6,8-9,11-12,14-15,17,20,23H,3-4,7,10,13,16,18-19,21-22H2,1-2H3,(H,26,27)/b6-5-,9-8-,12-11-,15-14-,20-17-. The van der Waals surface area contributed by atoms with Gasteiger partial charge in [0.25, 0.3) is 0 Å². The van der Waals surface area contributed by atoms with Crippen molar-refractivity contribution in [3.8, 4) is 0 Å². The molecular weight excluding hydrogens is 364 g/mol. The second kappa shape index (κ2) is 20.4. The van der Waals surface area contributed by atoms with Crippen LogP contribution in [0.3, 0.4) is 0 Å². The Hall–Kier alpha value is -2.36. The van der Waals surface area contributed by atoms with E-state index in [1.807, 2.05) is 12.2 Å². The number of esters is 1. The second-order valence-corrected chi connectivity index (χ2v) is 6.69. The van der Waals surface area contributed by atoms with Gasteiger partial charge in [0.15, 0.2) is 0 Å². The summed E-state index contributed by atoms with van der Waals surface area (Å²) in [5, 5.41) is 8.69. The van der Waals surface area contributed by atoms with Crippen LogP contribution in [0, 0.1) is 0 Å². The van der Waals surface area contributed by atoms with Gasteiger partial charge in [-0.1, -0.05) is 68.5 Å². The molecule has 4 heteroatoms. The third-order valence-corrected chi connectivity index (χ3v) is 4.04. The fraction of sp³-hybridized carbons (Fsp3) is 0.520. The second-order valence-electron chi connectivity index (χ2n) is 6.69. The van der Waals surface area contributed by atoms with Crippen LogP contribution in [0.15, 0.2) is 60.8 Å². The Morgan fingerprint density at radius 1 is 0.793 bits per heavy atom. The van der Waals surface area contributed by atoms with E-state index in [0.29, 0.717) is 19.3 Å². The van der Waals surface area contributed by atoms with Crippen LogP contribution in [-0.4, -0.2) is 23.1 Å². The summed E-state index contributed by atoms with van der Waals surface area (Å²) in [6.45, 7) is 3.90. The van der Waals surface area contributed by atoms with E-state index in [1.165, 1.54) is 0 Å². The van der Waals surface area contributed by atoms with Crippen molar-refractivity contribution in [3.05, 3.63) is 60.8 Å². The number of carbonyl (C=O) groups is 2. The van der Waals surface area contributed by atoms with Crippen LogP contribution < -0.4 is 0 Å². The lowest BCUT2D eigenvalue weighted by Gasteiger charge is -2.13. The SMILES string of the molecule is CC/C=C\C/C=C\C/C=C\C/C=C\C/C=C\C(CCCCC(=O)O)OC(=O)CC. The molecular formula is C25H38O4. The van der Waals surface area contributed by atoms with E-state index in [4.69, 9.17) is 9.84 Å². The summed E-state index contributed by atoms with van der Waals surface area (Å²) in [4.78, 5) is 22.1. The van der Waals surface area contributed by atoms with Crippen LogP contribution in [0.5, 0.6) is 0 Å². The maximum Gasteiger partial charge on any atom is 0.306 e. The summed E-state index contributed by atoms with van der Waals surface area (Å²) < 4.78 is 5.40. The third kappa shape index (κ3) is 20.2. The zero-order valence-electron chi connectivity index (χ0n) is 18.1. The summed E-state index contributed by atoms with van der Waals surface area (Å²) in [5.74, 6) is -1.02. The van der Waals surface area contributed by atoms with Crippen LogP contribution in [0.25, 0.3) is 0 Å². The molecule has 0 saturated heterocycles. The zero-order chi connectivity index (χ0) is 21.6. The van der Waals surface area contributed by atoms with Crippen molar-refractivity contribution in [3.63, 3.8) is 0 Å². The van der Waals surface area contributed by atoms with Crippen molar-refractivity contribution < 1.29 is 19.4 Å². The topological polar surface area (TPSA) is 63.6 Å². The van der Waals surface area contributed by atoms with Crippen LogP contribution >= 0.6 is 0 Å². The number of hydrogen-bond donors (Lipinski definition) is 1. The van der Waals surface area contributed by atoms with Gasteiger partial charge in [0.1, 0.15) is 6.10 Å². The van der Waals surface area contributed by atoms with Crippen LogP contribution in [0.4, 0.5) is 0 Å². The summed E-state index contributed by atoms with van der Waals surface area (Å²) in [6.07, 6.45) is 28.1. The van der Waals surface area contributed by atoms with Gasteiger partial charge in [-0.05, 0) is 57.4 Å². The van der Waals surface area contributed by atoms with E-state index in [9.17, 15) is 9.59 Å². The molecule has 29 heavy (non-hydrogen) atoms. The Morgan fingerprint density at radius 3 is 1.79 bits per heavy atom. The Bertz CT molecular complexity index is 567. The third-order valence-electron chi connectivity index (χ3n) is 4.04. The largest absolute Gasteiger partial charge is 0.481 e. The maximum absolute atomic E-state index is 11.5. The maximum atomic E-state index is 11.5. The molecule has 0 aliphatic heterocycles. The highest BCUT2D eigenvalue weighted by atomic mass is 16.5. The van der Waals surface area contributed by atoms with Crippen molar-refractivity contribution in [1.82, 2.24) is 0 Å². The molecule has 0 fully saturated rings. The average Bonchev–Trinajstić information content (AvgIpc) is 2.70. The summed E-state index contributed by atoms with van der Waals surface area (Å²) in [5.41, 5.74) is 0. The number of rotatable bonds is 17. The van der Waals surface area contributed by atoms with Gasteiger partial charge in [-0.15, -0.1) is 0 Å². The molecule has 0 aromatic carbocycles. The highest BCUT2D eigenvalue weighted by Crippen LogP contribution is 2.10. The van der Waals surface area contributed by atoms with Crippen LogP contribution in [0.2, 0.25) is 0 Å². The molecule has 1 atom stereocenters. The molecule has 0 aromatic heterocycles. The van der Waals surface area contributed by atoms with E-state index in [1.54, 1.807) is 6.92 Å². The van der Waals surface area contributed by atoms with Gasteiger partial charge < -0.3 is 9.84 Å². The molecule has 0 spiro atoms. The molecule has 0 bridgehead atoms. The summed E-state index contributed by atoms with van der Waals surface area (Å²) in [6, 6.07) is 0. The van der Waals surface area contributed by atoms with E-state index < -0.39 is 5.97 Å². The highest BCUT2D eigenvalue weighted by Gasteiger charge is 2.10. The van der Waals surface area contributed by atoms with Gasteiger partial charge in [0.2, 0.25) is 0 Å². The molecule has 0 radical (unpaired) electrons. The number of allylic oxidation sites excluding steroid dienone is 9. The molecule has 0 aromatic rings. The molecule has 1 N–H and O–H groups in total. The first-order chi connectivity index (χ1) is 14.1. The predicted octanol–water partition coefficient (Wildman–Crippen LogP) is 6.70. The number of unbranched alkanes of at least 4 members (excludes halogenated alkanes) is 1. The Balaban J connectivity index is 4.07. The first kappa shape index (κ1) is 26.6. The Labute approximate surface area is 176 Å². The zero-order valence-corrected chi connectivity index (χ0v) is 18.1. The molecule has 0 amide bonds. The summed E-state index contributed by atoms with van der Waals surface area (Å²) in [7, 11) is 0. The smallest absolute Gasteiger partial charge is 0.306 e. The van der Waals surface area contributed by atoms with Crippen LogP contribution in [-0.2, 0) is 14.3 Å². The molecule has 0 aliphatic rings. The van der Waals surface area contributed by atoms with Gasteiger partial charge in [-0.25, -0.2) is 0 Å². The fourth-order valence-corrected chi connectivity index (χ4v) is 2.45. The molecule has 0 heterocycles. The number of hydrogen-bond acceptors (Lipinski definition) is 3. The minimum absolute atomic E-state index is 0.153. The van der Waals surface area contributed by atoms with Gasteiger partial charge >= 0.3 is 11.9 Å². The minimum Gasteiger partial charge on any atom is -0.481 e. The average molecular weight is 403 g/mol.